The molecule has 3 rings (SSSR count). The van der Waals surface area contributed by atoms with Crippen molar-refractivity contribution < 1.29 is 13.2 Å². The molecule has 0 saturated carbocycles. The van der Waals surface area contributed by atoms with E-state index in [0.717, 1.165) is 44.0 Å². The third-order valence-corrected chi connectivity index (χ3v) is 7.26. The van der Waals surface area contributed by atoms with E-state index in [9.17, 15) is 13.2 Å². The Morgan fingerprint density at radius 2 is 1.75 bits per heavy atom. The van der Waals surface area contributed by atoms with E-state index in [1.54, 1.807) is 0 Å². The molecule has 2 saturated heterocycles. The fourth-order valence-electron chi connectivity index (χ4n) is 4.43. The molecule has 0 radical (unpaired) electrons. The zero-order valence-electron chi connectivity index (χ0n) is 17.3. The minimum atomic E-state index is -3.14. The summed E-state index contributed by atoms with van der Waals surface area (Å²) in [6, 6.07) is 0.181. The molecule has 1 amide bonds. The molecule has 9 heteroatoms. The highest BCUT2D eigenvalue weighted by atomic mass is 32.2. The zero-order chi connectivity index (χ0) is 20.3. The standard InChI is InChI=1S/C19H33N5O3S/c1-15-18(19(25)20-9-14-22-10-5-4-6-11-22)21-16(2)24(15)17-7-12-23(13-8-17)28(3,26)27/h17H,4-14H2,1-3H3,(H,20,25). The minimum Gasteiger partial charge on any atom is -0.349 e. The number of likely N-dealkylation sites (tertiary alicyclic amines) is 1. The summed E-state index contributed by atoms with van der Waals surface area (Å²) in [6.45, 7) is 8.63. The second-order valence-corrected chi connectivity index (χ2v) is 10.00. The summed E-state index contributed by atoms with van der Waals surface area (Å²) in [7, 11) is -3.14. The summed E-state index contributed by atoms with van der Waals surface area (Å²) in [4.78, 5) is 19.6. The lowest BCUT2D eigenvalue weighted by Crippen LogP contribution is -2.39. The Labute approximate surface area is 168 Å². The number of amides is 1. The summed E-state index contributed by atoms with van der Waals surface area (Å²) in [5.41, 5.74) is 1.35. The van der Waals surface area contributed by atoms with Crippen LogP contribution < -0.4 is 5.32 Å². The molecule has 0 atom stereocenters. The number of piperidine rings is 2. The molecular weight excluding hydrogens is 378 g/mol. The molecule has 1 aromatic heterocycles. The number of nitrogens with zero attached hydrogens (tertiary/aromatic N) is 4. The van der Waals surface area contributed by atoms with Gasteiger partial charge >= 0.3 is 0 Å². The van der Waals surface area contributed by atoms with Crippen LogP contribution in [0.3, 0.4) is 0 Å². The summed E-state index contributed by atoms with van der Waals surface area (Å²) < 4.78 is 27.1. The molecule has 0 aromatic carbocycles. The van der Waals surface area contributed by atoms with Crippen LogP contribution in [0.25, 0.3) is 0 Å². The third-order valence-electron chi connectivity index (χ3n) is 5.96. The molecule has 0 spiro atoms. The topological polar surface area (TPSA) is 87.5 Å². The van der Waals surface area contributed by atoms with Gasteiger partial charge in [-0.3, -0.25) is 4.79 Å². The molecule has 1 N–H and O–H groups in total. The van der Waals surface area contributed by atoms with Crippen molar-refractivity contribution in [2.45, 2.75) is 52.0 Å². The molecule has 8 nitrogen and oxygen atoms in total. The highest BCUT2D eigenvalue weighted by Crippen LogP contribution is 2.27. The van der Waals surface area contributed by atoms with E-state index in [1.807, 2.05) is 13.8 Å². The van der Waals surface area contributed by atoms with Crippen molar-refractivity contribution in [2.75, 3.05) is 45.5 Å². The fourth-order valence-corrected chi connectivity index (χ4v) is 5.31. The highest BCUT2D eigenvalue weighted by Gasteiger charge is 2.29. The largest absolute Gasteiger partial charge is 0.349 e. The van der Waals surface area contributed by atoms with Gasteiger partial charge in [0.15, 0.2) is 0 Å². The molecule has 1 aromatic rings. The van der Waals surface area contributed by atoms with E-state index in [1.165, 1.54) is 29.8 Å². The van der Waals surface area contributed by atoms with Crippen molar-refractivity contribution >= 4 is 15.9 Å². The number of imidazole rings is 1. The molecule has 2 fully saturated rings. The summed E-state index contributed by atoms with van der Waals surface area (Å²) in [5.74, 6) is 0.696. The van der Waals surface area contributed by atoms with Crippen LogP contribution in [0.4, 0.5) is 0 Å². The molecule has 2 aliphatic rings. The maximum Gasteiger partial charge on any atom is 0.271 e. The molecule has 28 heavy (non-hydrogen) atoms. The van der Waals surface area contributed by atoms with Crippen molar-refractivity contribution in [1.29, 1.82) is 0 Å². The number of rotatable bonds is 6. The van der Waals surface area contributed by atoms with Crippen molar-refractivity contribution in [3.63, 3.8) is 0 Å². The predicted molar refractivity (Wildman–Crippen MR) is 109 cm³/mol. The second-order valence-electron chi connectivity index (χ2n) is 8.01. The highest BCUT2D eigenvalue weighted by molar-refractivity contribution is 7.88. The van der Waals surface area contributed by atoms with E-state index >= 15 is 0 Å². The Kier molecular flexibility index (Phi) is 6.77. The SMILES string of the molecule is Cc1nc(C(=O)NCCN2CCCCC2)c(C)n1C1CCN(S(C)(=O)=O)CC1. The van der Waals surface area contributed by atoms with Gasteiger partial charge in [-0.15, -0.1) is 0 Å². The first-order valence-corrected chi connectivity index (χ1v) is 12.1. The van der Waals surface area contributed by atoms with Gasteiger partial charge in [-0.2, -0.15) is 0 Å². The second kappa shape index (κ2) is 8.92. The van der Waals surface area contributed by atoms with E-state index < -0.39 is 10.0 Å². The molecule has 0 aliphatic carbocycles. The first-order chi connectivity index (χ1) is 13.3. The van der Waals surface area contributed by atoms with E-state index in [0.29, 0.717) is 25.3 Å². The van der Waals surface area contributed by atoms with Gasteiger partial charge in [-0.1, -0.05) is 6.42 Å². The molecule has 0 unspecified atom stereocenters. The van der Waals surface area contributed by atoms with Crippen LogP contribution in [-0.4, -0.2) is 78.6 Å². The minimum absolute atomic E-state index is 0.120. The predicted octanol–water partition coefficient (Wildman–Crippen LogP) is 1.31. The molecule has 0 bridgehead atoms. The van der Waals surface area contributed by atoms with Crippen LogP contribution in [0, 0.1) is 13.8 Å². The summed E-state index contributed by atoms with van der Waals surface area (Å²) in [6.07, 6.45) is 6.53. The van der Waals surface area contributed by atoms with Crippen molar-refractivity contribution in [2.24, 2.45) is 0 Å². The van der Waals surface area contributed by atoms with Gasteiger partial charge < -0.3 is 14.8 Å². The first kappa shape index (κ1) is 21.3. The number of carbonyl (C=O) groups excluding carboxylic acids is 1. The molecule has 2 aliphatic heterocycles. The van der Waals surface area contributed by atoms with Crippen molar-refractivity contribution in [3.8, 4) is 0 Å². The van der Waals surface area contributed by atoms with Crippen LogP contribution in [0.1, 0.15) is 60.2 Å². The quantitative estimate of drug-likeness (QED) is 0.763. The van der Waals surface area contributed by atoms with Gasteiger partial charge in [0, 0.05) is 37.9 Å². The Morgan fingerprint density at radius 3 is 2.36 bits per heavy atom. The van der Waals surface area contributed by atoms with Gasteiger partial charge in [-0.05, 0) is 52.6 Å². The van der Waals surface area contributed by atoms with Crippen LogP contribution in [0.5, 0.6) is 0 Å². The lowest BCUT2D eigenvalue weighted by atomic mass is 10.1. The van der Waals surface area contributed by atoms with Crippen LogP contribution >= 0.6 is 0 Å². The lowest BCUT2D eigenvalue weighted by Gasteiger charge is -2.32. The average Bonchev–Trinajstić information content (AvgIpc) is 2.96. The van der Waals surface area contributed by atoms with E-state index in [4.69, 9.17) is 0 Å². The maximum atomic E-state index is 12.6. The Hall–Kier alpha value is -1.45. The van der Waals surface area contributed by atoms with Gasteiger partial charge in [0.2, 0.25) is 10.0 Å². The number of nitrogens with one attached hydrogen (secondary N) is 1. The fraction of sp³-hybridized carbons (Fsp3) is 0.789. The Morgan fingerprint density at radius 1 is 1.11 bits per heavy atom. The normalized spacial score (nSPS) is 20.4. The zero-order valence-corrected chi connectivity index (χ0v) is 18.1. The lowest BCUT2D eigenvalue weighted by molar-refractivity contribution is 0.0941. The van der Waals surface area contributed by atoms with Crippen molar-refractivity contribution in [1.82, 2.24) is 24.1 Å². The number of hydrogen-bond donors (Lipinski definition) is 1. The van der Waals surface area contributed by atoms with Crippen molar-refractivity contribution in [3.05, 3.63) is 17.2 Å². The first-order valence-electron chi connectivity index (χ1n) is 10.3. The van der Waals surface area contributed by atoms with Gasteiger partial charge in [-0.25, -0.2) is 17.7 Å². The van der Waals surface area contributed by atoms with Crippen LogP contribution in [0.15, 0.2) is 0 Å². The van der Waals surface area contributed by atoms with Crippen LogP contribution in [-0.2, 0) is 10.0 Å². The Balaban J connectivity index is 1.59. The summed E-state index contributed by atoms with van der Waals surface area (Å²) >= 11 is 0. The summed E-state index contributed by atoms with van der Waals surface area (Å²) in [5, 5.41) is 3.01. The third kappa shape index (κ3) is 4.93. The van der Waals surface area contributed by atoms with Crippen LogP contribution in [0.2, 0.25) is 0 Å². The number of hydrogen-bond acceptors (Lipinski definition) is 5. The molecule has 3 heterocycles. The average molecular weight is 412 g/mol. The number of carbonyl (C=O) groups is 1. The molecular formula is C19H33N5O3S. The number of aryl methyl sites for hydroxylation is 1. The smallest absolute Gasteiger partial charge is 0.271 e. The van der Waals surface area contributed by atoms with Gasteiger partial charge in [0.1, 0.15) is 11.5 Å². The monoisotopic (exact) mass is 411 g/mol. The van der Waals surface area contributed by atoms with E-state index in [-0.39, 0.29) is 11.9 Å². The van der Waals surface area contributed by atoms with Gasteiger partial charge in [0.05, 0.1) is 6.26 Å². The van der Waals surface area contributed by atoms with E-state index in [2.05, 4.69) is 19.8 Å². The number of aromatic nitrogens is 2. The number of sulfonamides is 1. The maximum absolute atomic E-state index is 12.6. The Bertz CT molecular complexity index is 791. The molecule has 158 valence electrons. The van der Waals surface area contributed by atoms with Gasteiger partial charge in [0.25, 0.3) is 5.91 Å².